The maximum absolute atomic E-state index is 13.0. The third kappa shape index (κ3) is 2.68. The summed E-state index contributed by atoms with van der Waals surface area (Å²) in [6.07, 6.45) is 0. The second-order valence-electron chi connectivity index (χ2n) is 3.94. The van der Waals surface area contributed by atoms with Crippen LogP contribution in [0.3, 0.4) is 0 Å². The maximum atomic E-state index is 13.0. The minimum atomic E-state index is -0.285. The largest absolute Gasteiger partial charge is 0.399 e. The van der Waals surface area contributed by atoms with Crippen molar-refractivity contribution in [2.75, 3.05) is 11.1 Å². The highest BCUT2D eigenvalue weighted by Gasteiger charge is 2.09. The van der Waals surface area contributed by atoms with Gasteiger partial charge in [-0.25, -0.2) is 4.39 Å². The summed E-state index contributed by atoms with van der Waals surface area (Å²) in [7, 11) is 0. The third-order valence-electron chi connectivity index (χ3n) is 2.51. The summed E-state index contributed by atoms with van der Waals surface area (Å²) in [5, 5.41) is 3.92. The summed E-state index contributed by atoms with van der Waals surface area (Å²) in [6, 6.07) is 7.65. The number of aryl methyl sites for hydroxylation is 1. The first-order valence-electron chi connectivity index (χ1n) is 5.25. The van der Waals surface area contributed by atoms with Crippen LogP contribution in [0.5, 0.6) is 0 Å². The number of hydrogen-bond acceptors (Lipinski definition) is 2. The van der Waals surface area contributed by atoms with Crippen LogP contribution in [0, 0.1) is 12.7 Å². The number of halogens is 3. The van der Waals surface area contributed by atoms with E-state index in [0.717, 1.165) is 11.3 Å². The van der Waals surface area contributed by atoms with Crippen LogP contribution >= 0.6 is 23.2 Å². The molecule has 0 unspecified atom stereocenters. The van der Waals surface area contributed by atoms with Crippen LogP contribution in [0.25, 0.3) is 0 Å². The lowest BCUT2D eigenvalue weighted by Crippen LogP contribution is -1.96. The summed E-state index contributed by atoms with van der Waals surface area (Å²) in [4.78, 5) is 0. The van der Waals surface area contributed by atoms with Crippen molar-refractivity contribution in [3.05, 3.63) is 51.8 Å². The number of anilines is 3. The Morgan fingerprint density at radius 2 is 1.72 bits per heavy atom. The summed E-state index contributed by atoms with van der Waals surface area (Å²) >= 11 is 12.1. The number of rotatable bonds is 2. The number of nitrogen functional groups attached to an aromatic ring is 1. The van der Waals surface area contributed by atoms with Gasteiger partial charge in [0.2, 0.25) is 0 Å². The Hall–Kier alpha value is -1.45. The van der Waals surface area contributed by atoms with Crippen molar-refractivity contribution in [2.45, 2.75) is 6.92 Å². The molecule has 0 saturated carbocycles. The monoisotopic (exact) mass is 284 g/mol. The Balaban J connectivity index is 2.40. The van der Waals surface area contributed by atoms with Crippen LogP contribution in [-0.2, 0) is 0 Å². The number of nitrogens with two attached hydrogens (primary N) is 1. The van der Waals surface area contributed by atoms with Gasteiger partial charge in [0.05, 0.1) is 15.7 Å². The summed E-state index contributed by atoms with van der Waals surface area (Å²) in [6.45, 7) is 1.80. The van der Waals surface area contributed by atoms with E-state index in [-0.39, 0.29) is 5.82 Å². The fourth-order valence-electron chi connectivity index (χ4n) is 1.61. The molecule has 0 spiro atoms. The van der Waals surface area contributed by atoms with Gasteiger partial charge < -0.3 is 11.1 Å². The molecular weight excluding hydrogens is 274 g/mol. The normalized spacial score (nSPS) is 10.4. The minimum Gasteiger partial charge on any atom is -0.399 e. The molecular formula is C13H11Cl2FN2. The van der Waals surface area contributed by atoms with Crippen LogP contribution in [-0.4, -0.2) is 0 Å². The van der Waals surface area contributed by atoms with Crippen LogP contribution in [0.15, 0.2) is 30.3 Å². The predicted octanol–water partition coefficient (Wildman–Crippen LogP) is 4.77. The molecule has 0 aliphatic carbocycles. The van der Waals surface area contributed by atoms with Crippen molar-refractivity contribution >= 4 is 40.3 Å². The van der Waals surface area contributed by atoms with Crippen molar-refractivity contribution < 1.29 is 4.39 Å². The molecule has 0 aliphatic heterocycles. The van der Waals surface area contributed by atoms with Gasteiger partial charge in [0, 0.05) is 11.4 Å². The summed E-state index contributed by atoms with van der Waals surface area (Å²) < 4.78 is 13.0. The molecule has 18 heavy (non-hydrogen) atoms. The Morgan fingerprint density at radius 1 is 1.11 bits per heavy atom. The van der Waals surface area contributed by atoms with E-state index in [1.54, 1.807) is 25.1 Å². The maximum Gasteiger partial charge on any atom is 0.123 e. The van der Waals surface area contributed by atoms with Gasteiger partial charge in [-0.2, -0.15) is 0 Å². The van der Waals surface area contributed by atoms with Gasteiger partial charge in [0.15, 0.2) is 0 Å². The first-order chi connectivity index (χ1) is 8.47. The average molecular weight is 285 g/mol. The second kappa shape index (κ2) is 5.04. The molecule has 2 aromatic rings. The molecule has 0 heterocycles. The average Bonchev–Trinajstić information content (AvgIpc) is 2.25. The number of benzene rings is 2. The highest BCUT2D eigenvalue weighted by atomic mass is 35.5. The Kier molecular flexibility index (Phi) is 3.64. The summed E-state index contributed by atoms with van der Waals surface area (Å²) in [5.41, 5.74) is 8.18. The molecule has 3 N–H and O–H groups in total. The molecule has 5 heteroatoms. The molecule has 0 amide bonds. The zero-order valence-electron chi connectivity index (χ0n) is 9.60. The first kappa shape index (κ1) is 13.0. The lowest BCUT2D eigenvalue weighted by molar-refractivity contribution is 0.627. The molecule has 0 aliphatic rings. The third-order valence-corrected chi connectivity index (χ3v) is 3.11. The van der Waals surface area contributed by atoms with Gasteiger partial charge in [0.25, 0.3) is 0 Å². The molecule has 0 saturated heterocycles. The Bertz CT molecular complexity index is 577. The van der Waals surface area contributed by atoms with E-state index in [1.807, 2.05) is 0 Å². The SMILES string of the molecule is Cc1cc(F)ccc1Nc1c(Cl)cc(N)cc1Cl. The quantitative estimate of drug-likeness (QED) is 0.780. The smallest absolute Gasteiger partial charge is 0.123 e. The predicted molar refractivity (Wildman–Crippen MR) is 75.3 cm³/mol. The van der Waals surface area contributed by atoms with Crippen molar-refractivity contribution in [1.29, 1.82) is 0 Å². The standard InChI is InChI=1S/C13H11Cl2FN2/c1-7-4-8(16)2-3-12(7)18-13-10(14)5-9(17)6-11(13)15/h2-6,18H,17H2,1H3. The molecule has 2 aromatic carbocycles. The summed E-state index contributed by atoms with van der Waals surface area (Å²) in [5.74, 6) is -0.285. The van der Waals surface area contributed by atoms with Crippen LogP contribution < -0.4 is 11.1 Å². The van der Waals surface area contributed by atoms with E-state index in [9.17, 15) is 4.39 Å². The fourth-order valence-corrected chi connectivity index (χ4v) is 2.21. The second-order valence-corrected chi connectivity index (χ2v) is 4.76. The number of hydrogen-bond donors (Lipinski definition) is 2. The van der Waals surface area contributed by atoms with Crippen molar-refractivity contribution in [1.82, 2.24) is 0 Å². The highest BCUT2D eigenvalue weighted by Crippen LogP contribution is 2.35. The fraction of sp³-hybridized carbons (Fsp3) is 0.0769. The van der Waals surface area contributed by atoms with Gasteiger partial charge in [-0.15, -0.1) is 0 Å². The van der Waals surface area contributed by atoms with Gasteiger partial charge >= 0.3 is 0 Å². The van der Waals surface area contributed by atoms with Crippen molar-refractivity contribution in [3.8, 4) is 0 Å². The Labute approximate surface area is 115 Å². The first-order valence-corrected chi connectivity index (χ1v) is 6.00. The van der Waals surface area contributed by atoms with Crippen LogP contribution in [0.2, 0.25) is 10.0 Å². The van der Waals surface area contributed by atoms with Crippen LogP contribution in [0.1, 0.15) is 5.56 Å². The Morgan fingerprint density at radius 3 is 2.28 bits per heavy atom. The molecule has 0 bridgehead atoms. The minimum absolute atomic E-state index is 0.285. The molecule has 2 nitrogen and oxygen atoms in total. The van der Waals surface area contributed by atoms with Gasteiger partial charge in [-0.05, 0) is 42.8 Å². The number of nitrogens with one attached hydrogen (secondary N) is 1. The van der Waals surface area contributed by atoms with Crippen molar-refractivity contribution in [3.63, 3.8) is 0 Å². The van der Waals surface area contributed by atoms with E-state index in [4.69, 9.17) is 28.9 Å². The molecule has 0 atom stereocenters. The van der Waals surface area contributed by atoms with E-state index in [0.29, 0.717) is 21.4 Å². The molecule has 0 radical (unpaired) electrons. The zero-order valence-corrected chi connectivity index (χ0v) is 11.1. The van der Waals surface area contributed by atoms with E-state index in [2.05, 4.69) is 5.32 Å². The van der Waals surface area contributed by atoms with Gasteiger partial charge in [-0.1, -0.05) is 23.2 Å². The zero-order chi connectivity index (χ0) is 13.3. The van der Waals surface area contributed by atoms with Crippen LogP contribution in [0.4, 0.5) is 21.5 Å². The lowest BCUT2D eigenvalue weighted by atomic mass is 10.2. The molecule has 94 valence electrons. The lowest BCUT2D eigenvalue weighted by Gasteiger charge is -2.13. The molecule has 0 fully saturated rings. The molecule has 0 aromatic heterocycles. The van der Waals surface area contributed by atoms with E-state index >= 15 is 0 Å². The van der Waals surface area contributed by atoms with E-state index < -0.39 is 0 Å². The van der Waals surface area contributed by atoms with Gasteiger partial charge in [-0.3, -0.25) is 0 Å². The van der Waals surface area contributed by atoms with Crippen molar-refractivity contribution in [2.24, 2.45) is 0 Å². The molecule has 2 rings (SSSR count). The van der Waals surface area contributed by atoms with Gasteiger partial charge in [0.1, 0.15) is 5.82 Å². The van der Waals surface area contributed by atoms with E-state index in [1.165, 1.54) is 12.1 Å². The topological polar surface area (TPSA) is 38.0 Å². The highest BCUT2D eigenvalue weighted by molar-refractivity contribution is 6.39.